The number of methoxy groups -OCH3 is 1. The van der Waals surface area contributed by atoms with Crippen molar-refractivity contribution in [1.29, 1.82) is 0 Å². The summed E-state index contributed by atoms with van der Waals surface area (Å²) in [6, 6.07) is 0.480. The molecule has 1 aromatic rings. The van der Waals surface area contributed by atoms with E-state index in [0.29, 0.717) is 51.4 Å². The lowest BCUT2D eigenvalue weighted by Gasteiger charge is -2.11. The predicted octanol–water partition coefficient (Wildman–Crippen LogP) is 0.104. The van der Waals surface area contributed by atoms with Gasteiger partial charge in [-0.25, -0.2) is 0 Å². The van der Waals surface area contributed by atoms with Crippen LogP contribution in [0.15, 0.2) is 0 Å². The van der Waals surface area contributed by atoms with Gasteiger partial charge in [-0.2, -0.15) is 15.0 Å². The van der Waals surface area contributed by atoms with Crippen LogP contribution in [0.3, 0.4) is 0 Å². The molecule has 1 rings (SSSR count). The number of ether oxygens (including phenoxy) is 3. The summed E-state index contributed by atoms with van der Waals surface area (Å²) in [7, 11) is 1.52. The molecule has 0 radical (unpaired) electrons. The van der Waals surface area contributed by atoms with E-state index >= 15 is 0 Å². The average Bonchev–Trinajstić information content (AvgIpc) is 2.49. The number of anilines is 2. The average molecular weight is 314 g/mol. The molecule has 126 valence electrons. The molecule has 22 heavy (non-hydrogen) atoms. The second kappa shape index (κ2) is 10.9. The fourth-order valence-electron chi connectivity index (χ4n) is 1.49. The molecule has 0 bridgehead atoms. The van der Waals surface area contributed by atoms with Crippen molar-refractivity contribution < 1.29 is 14.2 Å². The van der Waals surface area contributed by atoms with Gasteiger partial charge in [-0.1, -0.05) is 0 Å². The maximum atomic E-state index is 5.41. The first kappa shape index (κ1) is 18.3. The molecule has 0 aliphatic carbocycles. The first-order chi connectivity index (χ1) is 10.7. The number of hydrogen-bond donors (Lipinski definition) is 3. The quantitative estimate of drug-likeness (QED) is 0.462. The van der Waals surface area contributed by atoms with Crippen molar-refractivity contribution in [1.82, 2.24) is 15.0 Å². The van der Waals surface area contributed by atoms with Crippen LogP contribution in [0.25, 0.3) is 0 Å². The highest BCUT2D eigenvalue weighted by molar-refractivity contribution is 5.36. The van der Waals surface area contributed by atoms with E-state index in [1.807, 2.05) is 13.8 Å². The summed E-state index contributed by atoms with van der Waals surface area (Å²) in [5, 5.41) is 6.18. The van der Waals surface area contributed by atoms with Gasteiger partial charge in [-0.3, -0.25) is 0 Å². The van der Waals surface area contributed by atoms with Gasteiger partial charge in [0.1, 0.15) is 0 Å². The van der Waals surface area contributed by atoms with Crippen molar-refractivity contribution in [2.24, 2.45) is 5.73 Å². The van der Waals surface area contributed by atoms with Crippen molar-refractivity contribution >= 4 is 11.9 Å². The number of nitrogens with zero attached hydrogens (tertiary/aromatic N) is 3. The van der Waals surface area contributed by atoms with Gasteiger partial charge in [-0.05, 0) is 13.8 Å². The number of rotatable bonds is 12. The molecule has 0 amide bonds. The van der Waals surface area contributed by atoms with E-state index < -0.39 is 0 Å². The van der Waals surface area contributed by atoms with Gasteiger partial charge in [-0.15, -0.1) is 0 Å². The molecule has 0 aliphatic heterocycles. The number of hydrogen-bond acceptors (Lipinski definition) is 9. The molecule has 0 saturated heterocycles. The SMILES string of the molecule is COc1nc(NCCOCCOCCN)nc(NC(C)C)n1. The van der Waals surface area contributed by atoms with E-state index in [2.05, 4.69) is 25.6 Å². The Kier molecular flexibility index (Phi) is 9.12. The van der Waals surface area contributed by atoms with Crippen LogP contribution < -0.4 is 21.1 Å². The fraction of sp³-hybridized carbons (Fsp3) is 0.769. The van der Waals surface area contributed by atoms with Crippen LogP contribution in [0.5, 0.6) is 6.01 Å². The molecule has 0 atom stereocenters. The predicted molar refractivity (Wildman–Crippen MR) is 84.3 cm³/mol. The molecule has 0 aliphatic rings. The van der Waals surface area contributed by atoms with Crippen LogP contribution in [-0.2, 0) is 9.47 Å². The zero-order chi connectivity index (χ0) is 16.2. The topological polar surface area (TPSA) is 116 Å². The highest BCUT2D eigenvalue weighted by Crippen LogP contribution is 2.11. The van der Waals surface area contributed by atoms with Crippen molar-refractivity contribution in [2.45, 2.75) is 19.9 Å². The Morgan fingerprint density at radius 3 is 2.32 bits per heavy atom. The molecule has 4 N–H and O–H groups in total. The Hall–Kier alpha value is -1.71. The van der Waals surface area contributed by atoms with Crippen LogP contribution in [0.2, 0.25) is 0 Å². The van der Waals surface area contributed by atoms with Gasteiger partial charge in [0, 0.05) is 19.1 Å². The Bertz CT molecular complexity index is 419. The van der Waals surface area contributed by atoms with Gasteiger partial charge < -0.3 is 30.6 Å². The smallest absolute Gasteiger partial charge is 0.322 e. The number of nitrogens with one attached hydrogen (secondary N) is 2. The summed E-state index contributed by atoms with van der Waals surface area (Å²) >= 11 is 0. The van der Waals surface area contributed by atoms with Gasteiger partial charge in [0.2, 0.25) is 11.9 Å². The van der Waals surface area contributed by atoms with Crippen LogP contribution in [0, 0.1) is 0 Å². The van der Waals surface area contributed by atoms with Crippen molar-refractivity contribution in [2.75, 3.05) is 57.3 Å². The fourth-order valence-corrected chi connectivity index (χ4v) is 1.49. The van der Waals surface area contributed by atoms with Gasteiger partial charge in [0.25, 0.3) is 0 Å². The summed E-state index contributed by atoms with van der Waals surface area (Å²) < 4.78 is 15.7. The van der Waals surface area contributed by atoms with Crippen molar-refractivity contribution in [3.63, 3.8) is 0 Å². The van der Waals surface area contributed by atoms with Crippen molar-refractivity contribution in [3.8, 4) is 6.01 Å². The molecule has 1 aromatic heterocycles. The van der Waals surface area contributed by atoms with Crippen LogP contribution in [0.1, 0.15) is 13.8 Å². The Morgan fingerprint density at radius 1 is 1.00 bits per heavy atom. The van der Waals surface area contributed by atoms with E-state index in [0.717, 1.165) is 0 Å². The first-order valence-electron chi connectivity index (χ1n) is 7.31. The zero-order valence-electron chi connectivity index (χ0n) is 13.5. The molecule has 9 nitrogen and oxygen atoms in total. The van der Waals surface area contributed by atoms with E-state index in [1.165, 1.54) is 7.11 Å². The highest BCUT2D eigenvalue weighted by atomic mass is 16.5. The van der Waals surface area contributed by atoms with E-state index in [4.69, 9.17) is 19.9 Å². The monoisotopic (exact) mass is 314 g/mol. The molecule has 9 heteroatoms. The summed E-state index contributed by atoms with van der Waals surface area (Å²) in [4.78, 5) is 12.5. The molecule has 0 spiro atoms. The first-order valence-corrected chi connectivity index (χ1v) is 7.31. The number of nitrogens with two attached hydrogens (primary N) is 1. The third kappa shape index (κ3) is 7.91. The molecule has 0 aromatic carbocycles. The molecular weight excluding hydrogens is 288 g/mol. The lowest BCUT2D eigenvalue weighted by molar-refractivity contribution is 0.0547. The van der Waals surface area contributed by atoms with Gasteiger partial charge in [0.05, 0.1) is 33.5 Å². The molecule has 0 saturated carbocycles. The van der Waals surface area contributed by atoms with E-state index in [1.54, 1.807) is 0 Å². The van der Waals surface area contributed by atoms with Crippen molar-refractivity contribution in [3.05, 3.63) is 0 Å². The Labute approximate surface area is 131 Å². The lowest BCUT2D eigenvalue weighted by Crippen LogP contribution is -2.17. The van der Waals surface area contributed by atoms with Gasteiger partial charge >= 0.3 is 6.01 Å². The maximum absolute atomic E-state index is 5.41. The summed E-state index contributed by atoms with van der Waals surface area (Å²) in [6.07, 6.45) is 0. The largest absolute Gasteiger partial charge is 0.467 e. The third-order valence-electron chi connectivity index (χ3n) is 2.38. The molecule has 1 heterocycles. The summed E-state index contributed by atoms with van der Waals surface area (Å²) in [5.41, 5.74) is 5.31. The maximum Gasteiger partial charge on any atom is 0.322 e. The molecular formula is C13H26N6O3. The van der Waals surface area contributed by atoms with Crippen LogP contribution in [0.4, 0.5) is 11.9 Å². The summed E-state index contributed by atoms with van der Waals surface area (Å²) in [6.45, 7) is 7.25. The highest BCUT2D eigenvalue weighted by Gasteiger charge is 2.07. The Morgan fingerprint density at radius 2 is 1.68 bits per heavy atom. The minimum Gasteiger partial charge on any atom is -0.467 e. The second-order valence-electron chi connectivity index (χ2n) is 4.71. The zero-order valence-corrected chi connectivity index (χ0v) is 13.5. The molecule has 0 fully saturated rings. The van der Waals surface area contributed by atoms with E-state index in [-0.39, 0.29) is 12.1 Å². The van der Waals surface area contributed by atoms with Gasteiger partial charge in [0.15, 0.2) is 0 Å². The third-order valence-corrected chi connectivity index (χ3v) is 2.38. The second-order valence-corrected chi connectivity index (χ2v) is 4.71. The van der Waals surface area contributed by atoms with E-state index in [9.17, 15) is 0 Å². The van der Waals surface area contributed by atoms with Crippen LogP contribution >= 0.6 is 0 Å². The normalized spacial score (nSPS) is 10.8. The minimum absolute atomic E-state index is 0.219. The lowest BCUT2D eigenvalue weighted by atomic mass is 10.4. The standard InChI is InChI=1S/C13H26N6O3/c1-10(2)16-12-17-11(18-13(19-12)20-3)15-5-7-22-9-8-21-6-4-14/h10H,4-9,14H2,1-3H3,(H2,15,16,17,18,19). The Balaban J connectivity index is 2.32. The molecule has 0 unspecified atom stereocenters. The summed E-state index contributed by atoms with van der Waals surface area (Å²) in [5.74, 6) is 0.915. The van der Waals surface area contributed by atoms with Crippen LogP contribution in [-0.4, -0.2) is 67.6 Å². The minimum atomic E-state index is 0.219. The number of aromatic nitrogens is 3.